The molecule has 4 nitrogen and oxygen atoms in total. The number of piperidine rings is 1. The SMILES string of the molecule is CN=C(NCC(C)(C)c1ccccc1C)NC1CCN(c2cccs2)CC1.I. The minimum atomic E-state index is 0. The number of anilines is 1. The largest absolute Gasteiger partial charge is 0.363 e. The molecule has 0 amide bonds. The summed E-state index contributed by atoms with van der Waals surface area (Å²) in [6, 6.07) is 13.5. The Kier molecular flexibility index (Phi) is 8.61. The second-order valence-electron chi connectivity index (χ2n) is 7.98. The molecule has 28 heavy (non-hydrogen) atoms. The van der Waals surface area contributed by atoms with Crippen molar-refractivity contribution in [3.05, 3.63) is 52.9 Å². The molecule has 1 saturated heterocycles. The van der Waals surface area contributed by atoms with Crippen LogP contribution >= 0.6 is 35.3 Å². The normalized spacial score (nSPS) is 15.9. The fraction of sp³-hybridized carbons (Fsp3) is 0.500. The van der Waals surface area contributed by atoms with E-state index in [1.807, 2.05) is 18.4 Å². The third-order valence-electron chi connectivity index (χ3n) is 5.45. The van der Waals surface area contributed by atoms with Gasteiger partial charge in [0.1, 0.15) is 0 Å². The third kappa shape index (κ3) is 5.86. The Morgan fingerprint density at radius 3 is 2.50 bits per heavy atom. The number of hydrogen-bond acceptors (Lipinski definition) is 3. The summed E-state index contributed by atoms with van der Waals surface area (Å²) in [6.07, 6.45) is 2.28. The van der Waals surface area contributed by atoms with Gasteiger partial charge in [0, 0.05) is 38.1 Å². The van der Waals surface area contributed by atoms with Crippen LogP contribution in [0.2, 0.25) is 0 Å². The lowest BCUT2D eigenvalue weighted by Gasteiger charge is -2.34. The van der Waals surface area contributed by atoms with Gasteiger partial charge in [0.25, 0.3) is 0 Å². The van der Waals surface area contributed by atoms with Crippen LogP contribution in [0.5, 0.6) is 0 Å². The highest BCUT2D eigenvalue weighted by atomic mass is 127. The lowest BCUT2D eigenvalue weighted by Crippen LogP contribution is -2.50. The van der Waals surface area contributed by atoms with Crippen LogP contribution in [0.1, 0.15) is 37.8 Å². The summed E-state index contributed by atoms with van der Waals surface area (Å²) in [6.45, 7) is 9.81. The summed E-state index contributed by atoms with van der Waals surface area (Å²) in [5.41, 5.74) is 2.77. The minimum absolute atomic E-state index is 0. The molecule has 1 fully saturated rings. The Labute approximate surface area is 190 Å². The maximum absolute atomic E-state index is 4.45. The highest BCUT2D eigenvalue weighted by Gasteiger charge is 2.24. The quantitative estimate of drug-likeness (QED) is 0.344. The number of hydrogen-bond donors (Lipinski definition) is 2. The predicted molar refractivity (Wildman–Crippen MR) is 134 cm³/mol. The van der Waals surface area contributed by atoms with E-state index in [2.05, 4.69) is 83.1 Å². The van der Waals surface area contributed by atoms with Crippen molar-refractivity contribution in [2.45, 2.75) is 45.1 Å². The molecule has 0 saturated carbocycles. The van der Waals surface area contributed by atoms with Crippen molar-refractivity contribution in [1.29, 1.82) is 0 Å². The monoisotopic (exact) mass is 512 g/mol. The van der Waals surface area contributed by atoms with Crippen LogP contribution < -0.4 is 15.5 Å². The lowest BCUT2D eigenvalue weighted by molar-refractivity contribution is 0.454. The van der Waals surface area contributed by atoms with Crippen molar-refractivity contribution >= 4 is 46.3 Å². The van der Waals surface area contributed by atoms with Gasteiger partial charge in [-0.3, -0.25) is 4.99 Å². The summed E-state index contributed by atoms with van der Waals surface area (Å²) in [5, 5.41) is 10.7. The van der Waals surface area contributed by atoms with Crippen LogP contribution in [0.3, 0.4) is 0 Å². The van der Waals surface area contributed by atoms with E-state index in [1.54, 1.807) is 0 Å². The van der Waals surface area contributed by atoms with E-state index in [0.717, 1.165) is 38.4 Å². The number of benzene rings is 1. The van der Waals surface area contributed by atoms with E-state index < -0.39 is 0 Å². The average Bonchev–Trinajstić information content (AvgIpc) is 3.20. The fourth-order valence-corrected chi connectivity index (χ4v) is 4.60. The first-order valence-electron chi connectivity index (χ1n) is 9.81. The van der Waals surface area contributed by atoms with Crippen LogP contribution in [0.15, 0.2) is 46.8 Å². The van der Waals surface area contributed by atoms with Gasteiger partial charge < -0.3 is 15.5 Å². The first-order chi connectivity index (χ1) is 13.0. The third-order valence-corrected chi connectivity index (χ3v) is 6.38. The zero-order chi connectivity index (χ0) is 19.3. The second kappa shape index (κ2) is 10.5. The predicted octanol–water partition coefficient (Wildman–Crippen LogP) is 4.79. The minimum Gasteiger partial charge on any atom is -0.363 e. The van der Waals surface area contributed by atoms with Gasteiger partial charge in [0.05, 0.1) is 5.00 Å². The van der Waals surface area contributed by atoms with Crippen molar-refractivity contribution in [2.24, 2.45) is 4.99 Å². The molecule has 0 radical (unpaired) electrons. The topological polar surface area (TPSA) is 39.7 Å². The molecule has 2 N–H and O–H groups in total. The Morgan fingerprint density at radius 2 is 1.89 bits per heavy atom. The Morgan fingerprint density at radius 1 is 1.18 bits per heavy atom. The van der Waals surface area contributed by atoms with Gasteiger partial charge in [-0.2, -0.15) is 0 Å². The number of aryl methyl sites for hydroxylation is 1. The standard InChI is InChI=1S/C22H32N4S.HI/c1-17-8-5-6-9-19(17)22(2,3)16-24-21(23-4)25-18-11-13-26(14-12-18)20-10-7-15-27-20;/h5-10,15,18H,11-14,16H2,1-4H3,(H2,23,24,25);1H. The van der Waals surface area contributed by atoms with Crippen LogP contribution in [0.4, 0.5) is 5.00 Å². The molecule has 1 aliphatic rings. The highest BCUT2D eigenvalue weighted by Crippen LogP contribution is 2.26. The number of thiophene rings is 1. The van der Waals surface area contributed by atoms with E-state index in [9.17, 15) is 0 Å². The molecule has 1 aromatic carbocycles. The van der Waals surface area contributed by atoms with Gasteiger partial charge in [0.15, 0.2) is 5.96 Å². The maximum Gasteiger partial charge on any atom is 0.191 e. The molecule has 0 bridgehead atoms. The van der Waals surface area contributed by atoms with Crippen molar-refractivity contribution in [2.75, 3.05) is 31.6 Å². The molecule has 1 aliphatic heterocycles. The number of nitrogens with zero attached hydrogens (tertiary/aromatic N) is 2. The summed E-state index contributed by atoms with van der Waals surface area (Å²) in [5.74, 6) is 0.909. The second-order valence-corrected chi connectivity index (χ2v) is 8.91. The van der Waals surface area contributed by atoms with E-state index in [1.165, 1.54) is 16.1 Å². The average molecular weight is 513 g/mol. The Bertz CT molecular complexity index is 750. The molecule has 0 atom stereocenters. The first kappa shape index (κ1) is 23.0. The van der Waals surface area contributed by atoms with Crippen LogP contribution in [-0.2, 0) is 5.41 Å². The van der Waals surface area contributed by atoms with Crippen LogP contribution in [0, 0.1) is 6.92 Å². The van der Waals surface area contributed by atoms with E-state index >= 15 is 0 Å². The van der Waals surface area contributed by atoms with Gasteiger partial charge in [-0.05, 0) is 48.4 Å². The fourth-order valence-electron chi connectivity index (χ4n) is 3.81. The number of guanidine groups is 1. The summed E-state index contributed by atoms with van der Waals surface area (Å²) in [4.78, 5) is 6.94. The zero-order valence-electron chi connectivity index (χ0n) is 17.4. The first-order valence-corrected chi connectivity index (χ1v) is 10.7. The number of halogens is 1. The molecular formula is C22H33IN4S. The molecule has 6 heteroatoms. The molecule has 3 rings (SSSR count). The highest BCUT2D eigenvalue weighted by molar-refractivity contribution is 14.0. The van der Waals surface area contributed by atoms with Crippen molar-refractivity contribution < 1.29 is 0 Å². The number of rotatable bonds is 5. The maximum atomic E-state index is 4.45. The molecular weight excluding hydrogens is 479 g/mol. The number of nitrogens with one attached hydrogen (secondary N) is 2. The Hall–Kier alpha value is -1.28. The zero-order valence-corrected chi connectivity index (χ0v) is 20.5. The summed E-state index contributed by atoms with van der Waals surface area (Å²) < 4.78 is 0. The van der Waals surface area contributed by atoms with E-state index in [0.29, 0.717) is 6.04 Å². The summed E-state index contributed by atoms with van der Waals surface area (Å²) in [7, 11) is 1.86. The van der Waals surface area contributed by atoms with Gasteiger partial charge in [0.2, 0.25) is 0 Å². The Balaban J connectivity index is 0.00000280. The van der Waals surface area contributed by atoms with E-state index in [-0.39, 0.29) is 29.4 Å². The summed E-state index contributed by atoms with van der Waals surface area (Å²) >= 11 is 1.83. The molecule has 0 unspecified atom stereocenters. The molecule has 1 aromatic heterocycles. The number of aliphatic imine (C=N–C) groups is 1. The van der Waals surface area contributed by atoms with E-state index in [4.69, 9.17) is 0 Å². The van der Waals surface area contributed by atoms with Gasteiger partial charge in [-0.1, -0.05) is 38.1 Å². The van der Waals surface area contributed by atoms with Gasteiger partial charge in [-0.15, -0.1) is 35.3 Å². The molecule has 0 spiro atoms. The van der Waals surface area contributed by atoms with Crippen LogP contribution in [-0.4, -0.2) is 38.7 Å². The van der Waals surface area contributed by atoms with Gasteiger partial charge >= 0.3 is 0 Å². The smallest absolute Gasteiger partial charge is 0.191 e. The van der Waals surface area contributed by atoms with Crippen molar-refractivity contribution in [1.82, 2.24) is 10.6 Å². The van der Waals surface area contributed by atoms with Gasteiger partial charge in [-0.25, -0.2) is 0 Å². The molecule has 2 aromatic rings. The molecule has 154 valence electrons. The lowest BCUT2D eigenvalue weighted by atomic mass is 9.82. The molecule has 0 aliphatic carbocycles. The van der Waals surface area contributed by atoms with Crippen molar-refractivity contribution in [3.8, 4) is 0 Å². The molecule has 2 heterocycles. The van der Waals surface area contributed by atoms with Crippen LogP contribution in [0.25, 0.3) is 0 Å². The van der Waals surface area contributed by atoms with Crippen molar-refractivity contribution in [3.63, 3.8) is 0 Å².